The number of hydrogen-bond donors (Lipinski definition) is 0. The van der Waals surface area contributed by atoms with Crippen molar-refractivity contribution in [3.05, 3.63) is 81.9 Å². The number of benzene rings is 1. The van der Waals surface area contributed by atoms with Crippen LogP contribution < -0.4 is 10.5 Å². The van der Waals surface area contributed by atoms with Crippen LogP contribution in [0.4, 0.5) is 5.88 Å². The van der Waals surface area contributed by atoms with E-state index in [1.807, 2.05) is 40.6 Å². The summed E-state index contributed by atoms with van der Waals surface area (Å²) in [4.78, 5) is 26.9. The van der Waals surface area contributed by atoms with Crippen LogP contribution in [-0.2, 0) is 6.54 Å². The molecule has 1 aliphatic rings. The molecule has 1 aromatic carbocycles. The lowest BCUT2D eigenvalue weighted by Crippen LogP contribution is -2.46. The van der Waals surface area contributed by atoms with Crippen molar-refractivity contribution in [2.75, 3.05) is 31.1 Å². The second kappa shape index (κ2) is 8.87. The topological polar surface area (TPSA) is 104 Å². The maximum Gasteiger partial charge on any atom is 0.266 e. The van der Waals surface area contributed by atoms with Crippen LogP contribution in [0.1, 0.15) is 11.4 Å². The van der Waals surface area contributed by atoms with Crippen molar-refractivity contribution in [3.63, 3.8) is 0 Å². The molecule has 5 aromatic rings. The van der Waals surface area contributed by atoms with E-state index in [4.69, 9.17) is 13.8 Å². The number of piperazine rings is 1. The molecule has 5 heterocycles. The molecule has 0 unspecified atom stereocenters. The summed E-state index contributed by atoms with van der Waals surface area (Å²) in [6.07, 6.45) is 1.54. The Bertz CT molecular complexity index is 1570. The number of aromatic nitrogens is 3. The molecule has 4 aromatic heterocycles. The van der Waals surface area contributed by atoms with Gasteiger partial charge in [0, 0.05) is 44.2 Å². The lowest BCUT2D eigenvalue weighted by molar-refractivity contribution is 0.243. The molecule has 0 radical (unpaired) electrons. The van der Waals surface area contributed by atoms with Gasteiger partial charge in [-0.2, -0.15) is 10.2 Å². The average Bonchev–Trinajstić information content (AvgIpc) is 3.64. The predicted molar refractivity (Wildman–Crippen MR) is 131 cm³/mol. The van der Waals surface area contributed by atoms with Gasteiger partial charge in [0.1, 0.15) is 6.07 Å². The van der Waals surface area contributed by atoms with Gasteiger partial charge in [-0.3, -0.25) is 14.1 Å². The van der Waals surface area contributed by atoms with Crippen molar-refractivity contribution in [2.24, 2.45) is 0 Å². The molecule has 1 aliphatic heterocycles. The minimum atomic E-state index is -0.0745. The first-order valence-electron chi connectivity index (χ1n) is 11.2. The van der Waals surface area contributed by atoms with Crippen LogP contribution >= 0.6 is 11.3 Å². The van der Waals surface area contributed by atoms with E-state index in [1.165, 1.54) is 11.3 Å². The zero-order chi connectivity index (χ0) is 23.8. The normalized spacial score (nSPS) is 14.4. The van der Waals surface area contributed by atoms with Crippen LogP contribution in [0.15, 0.2) is 73.8 Å². The fourth-order valence-electron chi connectivity index (χ4n) is 4.30. The van der Waals surface area contributed by atoms with Gasteiger partial charge in [0.2, 0.25) is 11.6 Å². The van der Waals surface area contributed by atoms with Crippen LogP contribution in [0.25, 0.3) is 27.9 Å². The van der Waals surface area contributed by atoms with Crippen LogP contribution in [-0.4, -0.2) is 45.4 Å². The second-order valence-electron chi connectivity index (χ2n) is 8.22. The number of fused-ring (bicyclic) bond motifs is 1. The van der Waals surface area contributed by atoms with Crippen molar-refractivity contribution >= 4 is 22.2 Å². The van der Waals surface area contributed by atoms with Crippen LogP contribution in [0, 0.1) is 11.3 Å². The maximum absolute atomic E-state index is 12.9. The van der Waals surface area contributed by atoms with Crippen molar-refractivity contribution in [2.45, 2.75) is 6.54 Å². The minimum absolute atomic E-state index is 0.0745. The molecule has 0 atom stereocenters. The Morgan fingerprint density at radius 2 is 1.89 bits per heavy atom. The van der Waals surface area contributed by atoms with Crippen LogP contribution in [0.2, 0.25) is 0 Å². The van der Waals surface area contributed by atoms with Gasteiger partial charge in [0.15, 0.2) is 10.7 Å². The van der Waals surface area contributed by atoms with Gasteiger partial charge in [-0.25, -0.2) is 4.98 Å². The van der Waals surface area contributed by atoms with Crippen LogP contribution in [0.5, 0.6) is 0 Å². The molecule has 0 spiro atoms. The third-order valence-electron chi connectivity index (χ3n) is 6.02. The highest BCUT2D eigenvalue weighted by atomic mass is 32.1. The van der Waals surface area contributed by atoms with Crippen molar-refractivity contribution < 1.29 is 8.83 Å². The van der Waals surface area contributed by atoms with Gasteiger partial charge in [0.25, 0.3) is 11.4 Å². The smallest absolute Gasteiger partial charge is 0.266 e. The quantitative estimate of drug-likeness (QED) is 0.370. The molecule has 0 bridgehead atoms. The lowest BCUT2D eigenvalue weighted by Gasteiger charge is -2.34. The maximum atomic E-state index is 12.9. The van der Waals surface area contributed by atoms with Gasteiger partial charge in [-0.15, -0.1) is 11.3 Å². The first kappa shape index (κ1) is 21.3. The highest BCUT2D eigenvalue weighted by molar-refractivity contribution is 7.15. The summed E-state index contributed by atoms with van der Waals surface area (Å²) in [5.74, 6) is 1.25. The summed E-state index contributed by atoms with van der Waals surface area (Å²) < 4.78 is 12.9. The van der Waals surface area contributed by atoms with Gasteiger partial charge in [-0.05, 0) is 17.7 Å². The highest BCUT2D eigenvalue weighted by Gasteiger charge is 2.25. The zero-order valence-electron chi connectivity index (χ0n) is 18.6. The lowest BCUT2D eigenvalue weighted by atomic mass is 10.2. The van der Waals surface area contributed by atoms with Gasteiger partial charge in [0.05, 0.1) is 17.7 Å². The van der Waals surface area contributed by atoms with E-state index in [0.717, 1.165) is 30.0 Å². The summed E-state index contributed by atoms with van der Waals surface area (Å²) in [7, 11) is 0. The Morgan fingerprint density at radius 1 is 1.06 bits per heavy atom. The first-order valence-corrected chi connectivity index (χ1v) is 12.1. The van der Waals surface area contributed by atoms with Gasteiger partial charge < -0.3 is 13.7 Å². The number of thiazole rings is 1. The van der Waals surface area contributed by atoms with Gasteiger partial charge >= 0.3 is 0 Å². The summed E-state index contributed by atoms with van der Waals surface area (Å²) in [5, 5.41) is 11.5. The molecule has 10 heteroatoms. The molecular weight excluding hydrogens is 464 g/mol. The Hall–Kier alpha value is -4.20. The Balaban J connectivity index is 1.17. The molecule has 0 aliphatic carbocycles. The molecule has 35 heavy (non-hydrogen) atoms. The van der Waals surface area contributed by atoms with E-state index < -0.39 is 0 Å². The van der Waals surface area contributed by atoms with E-state index in [1.54, 1.807) is 28.9 Å². The average molecular weight is 485 g/mol. The van der Waals surface area contributed by atoms with E-state index in [2.05, 4.69) is 16.0 Å². The predicted octanol–water partition coefficient (Wildman–Crippen LogP) is 3.86. The largest absolute Gasteiger partial charge is 0.459 e. The van der Waals surface area contributed by atoms with Crippen molar-refractivity contribution in [1.82, 2.24) is 19.3 Å². The van der Waals surface area contributed by atoms with E-state index >= 15 is 0 Å². The zero-order valence-corrected chi connectivity index (χ0v) is 19.4. The van der Waals surface area contributed by atoms with E-state index in [9.17, 15) is 10.1 Å². The molecule has 9 nitrogen and oxygen atoms in total. The SMILES string of the molecule is N#Cc1nc(-c2ccco2)oc1N1CCN(Cc2cc(=O)n3c(-c4ccccc4)csc3n2)CC1. The number of hydrogen-bond acceptors (Lipinski definition) is 9. The molecule has 1 fully saturated rings. The molecule has 1 saturated heterocycles. The summed E-state index contributed by atoms with van der Waals surface area (Å²) in [6, 6.07) is 17.1. The molecule has 6 rings (SSSR count). The third kappa shape index (κ3) is 4.01. The van der Waals surface area contributed by atoms with E-state index in [-0.39, 0.29) is 11.3 Å². The van der Waals surface area contributed by atoms with Crippen LogP contribution in [0.3, 0.4) is 0 Å². The van der Waals surface area contributed by atoms with E-state index in [0.29, 0.717) is 42.1 Å². The monoisotopic (exact) mass is 484 g/mol. The molecule has 0 saturated carbocycles. The Morgan fingerprint density at radius 3 is 2.63 bits per heavy atom. The number of nitriles is 1. The first-order chi connectivity index (χ1) is 17.2. The minimum Gasteiger partial charge on any atom is -0.459 e. The third-order valence-corrected chi connectivity index (χ3v) is 6.85. The molecule has 0 N–H and O–H groups in total. The molecule has 174 valence electrons. The van der Waals surface area contributed by atoms with Gasteiger partial charge in [-0.1, -0.05) is 30.3 Å². The Kier molecular flexibility index (Phi) is 5.41. The summed E-state index contributed by atoms with van der Waals surface area (Å²) in [6.45, 7) is 3.39. The number of anilines is 1. The fraction of sp³-hybridized carbons (Fsp3) is 0.200. The summed E-state index contributed by atoms with van der Waals surface area (Å²) in [5.41, 5.74) is 2.78. The molecule has 0 amide bonds. The fourth-order valence-corrected chi connectivity index (χ4v) is 5.22. The second-order valence-corrected chi connectivity index (χ2v) is 9.05. The van der Waals surface area contributed by atoms with Crippen molar-refractivity contribution in [1.29, 1.82) is 5.26 Å². The molecular formula is C25H20N6O3S. The highest BCUT2D eigenvalue weighted by Crippen LogP contribution is 2.29. The Labute approximate surface area is 204 Å². The number of nitrogens with zero attached hydrogens (tertiary/aromatic N) is 6. The van der Waals surface area contributed by atoms with Crippen molar-refractivity contribution in [3.8, 4) is 29.0 Å². The number of oxazole rings is 1. The summed E-state index contributed by atoms with van der Waals surface area (Å²) >= 11 is 1.47. The number of rotatable bonds is 5. The number of furan rings is 1. The standard InChI is InChI=1S/C25H20N6O3S/c26-14-19-24(34-23(28-19)21-7-4-12-33-21)30-10-8-29(9-11-30)15-18-13-22(32)31-20(16-35-25(31)27-18)17-5-2-1-3-6-17/h1-7,12-13,16H,8-11,15H2.